The minimum absolute atomic E-state index is 0. The van der Waals surface area contributed by atoms with E-state index < -0.39 is 38.9 Å². The van der Waals surface area contributed by atoms with Crippen LogP contribution in [0.25, 0.3) is 5.41 Å². The molecule has 11 heteroatoms. The molecule has 34 heavy (non-hydrogen) atoms. The van der Waals surface area contributed by atoms with Crippen molar-refractivity contribution in [2.24, 2.45) is 0 Å². The second kappa shape index (κ2) is 14.9. The third kappa shape index (κ3) is 14.1. The van der Waals surface area contributed by atoms with Gasteiger partial charge in [-0.2, -0.15) is 31.8 Å². The number of halogens is 6. The molecule has 0 atom stereocenters. The summed E-state index contributed by atoms with van der Waals surface area (Å²) >= 11 is 0. The first-order valence-corrected chi connectivity index (χ1v) is 12.5. The first kappa shape index (κ1) is 38.0. The van der Waals surface area contributed by atoms with Crippen LogP contribution in [0.1, 0.15) is 72.9 Å². The van der Waals surface area contributed by atoms with Crippen LogP contribution in [0.5, 0.6) is 0 Å². The van der Waals surface area contributed by atoms with Crippen molar-refractivity contribution in [2.75, 3.05) is 12.8 Å². The molecule has 0 saturated carbocycles. The normalized spacial score (nSPS) is 12.3. The summed E-state index contributed by atoms with van der Waals surface area (Å²) in [5, 5.41) is 10.3. The number of hydrogen-bond acceptors (Lipinski definition) is 1. The van der Waals surface area contributed by atoms with Crippen LogP contribution in [0.2, 0.25) is 0 Å². The third-order valence-corrected chi connectivity index (χ3v) is 9.00. The Kier molecular flexibility index (Phi) is 16.6. The maximum atomic E-state index is 12.9. The van der Waals surface area contributed by atoms with E-state index in [0.717, 1.165) is 0 Å². The Labute approximate surface area is 213 Å². The molecule has 1 rings (SSSR count). The van der Waals surface area contributed by atoms with Gasteiger partial charge in [0.1, 0.15) is 7.48 Å². The molecule has 1 aromatic carbocycles. The summed E-state index contributed by atoms with van der Waals surface area (Å²) in [6.07, 6.45) is -8.07. The van der Waals surface area contributed by atoms with Crippen molar-refractivity contribution in [3.05, 3.63) is 42.2 Å². The van der Waals surface area contributed by atoms with Gasteiger partial charge < -0.3 is 17.5 Å². The monoisotopic (exact) mass is 559 g/mol. The van der Waals surface area contributed by atoms with Gasteiger partial charge in [0, 0.05) is 14.5 Å². The molecule has 0 N–H and O–H groups in total. The van der Waals surface area contributed by atoms with Crippen LogP contribution in [-0.2, 0) is 33.5 Å². The largest absolute Gasteiger partial charge is 3.00 e. The van der Waals surface area contributed by atoms with Gasteiger partial charge in [0.15, 0.2) is 0 Å². The Bertz CT molecular complexity index is 697. The maximum absolute atomic E-state index is 12.9. The number of hydrogen-bond donors (Lipinski definition) is 0. The summed E-state index contributed by atoms with van der Waals surface area (Å²) in [4.78, 5) is 0. The number of alkyl halides is 6. The molecule has 1 radical (unpaired) electrons. The van der Waals surface area contributed by atoms with Crippen molar-refractivity contribution >= 4 is 26.6 Å². The van der Waals surface area contributed by atoms with Crippen LogP contribution in [0.3, 0.4) is 0 Å². The third-order valence-electron chi connectivity index (χ3n) is 4.61. The fourth-order valence-corrected chi connectivity index (χ4v) is 7.36. The first-order valence-electron chi connectivity index (χ1n) is 10.8. The fraction of sp³-hybridized carbons (Fsp3) is 0.652. The molecule has 0 spiro atoms. The van der Waals surface area contributed by atoms with Gasteiger partial charge in [-0.05, 0) is 47.6 Å². The predicted molar refractivity (Wildman–Crippen MR) is 134 cm³/mol. The molecule has 0 aliphatic carbocycles. The van der Waals surface area contributed by atoms with E-state index in [4.69, 9.17) is 4.65 Å². The molecule has 2 nitrogen and oxygen atoms in total. The summed E-state index contributed by atoms with van der Waals surface area (Å²) in [5.41, 5.74) is -2.75. The molecule has 0 saturated heterocycles. The topological polar surface area (TPSA) is 31.5 Å². The second-order valence-electron chi connectivity index (χ2n) is 10.1. The summed E-state index contributed by atoms with van der Waals surface area (Å²) in [6.45, 7) is 16.6. The molecule has 0 heterocycles. The van der Waals surface area contributed by atoms with E-state index in [1.54, 1.807) is 0 Å². The Morgan fingerprint density at radius 2 is 1.21 bits per heavy atom. The second-order valence-corrected chi connectivity index (χ2v) is 14.5. The van der Waals surface area contributed by atoms with Crippen LogP contribution < -0.4 is 5.46 Å². The minimum atomic E-state index is -4.88. The molecule has 0 unspecified atom stereocenters. The van der Waals surface area contributed by atoms with Crippen molar-refractivity contribution in [2.45, 2.75) is 84.5 Å². The van der Waals surface area contributed by atoms with E-state index in [9.17, 15) is 31.8 Å². The van der Waals surface area contributed by atoms with Gasteiger partial charge in [-0.15, -0.1) is 5.71 Å². The SMILES string of the molecule is CC(C)(C)[PH+](CC(=[N-])CO[BH2-]c1cc(C(F)(F)F)cc(C(F)(F)F)c1)C(C)(C)C.CCC.[CH3-].[Ni+3]. The molecular weight excluding hydrogens is 521 g/mol. The zero-order chi connectivity index (χ0) is 25.5. The Balaban J connectivity index is -0.00000182. The minimum Gasteiger partial charge on any atom is -0.807 e. The van der Waals surface area contributed by atoms with Crippen LogP contribution in [0.15, 0.2) is 18.2 Å². The first-order chi connectivity index (χ1) is 14.2. The maximum Gasteiger partial charge on any atom is 3.00 e. The molecule has 0 aliphatic heterocycles. The average molecular weight is 560 g/mol. The quantitative estimate of drug-likeness (QED) is 0.120. The average Bonchev–Trinajstić information content (AvgIpc) is 2.56. The van der Waals surface area contributed by atoms with Gasteiger partial charge in [0.25, 0.3) is 0 Å². The van der Waals surface area contributed by atoms with Crippen molar-refractivity contribution in [1.29, 1.82) is 0 Å². The van der Waals surface area contributed by atoms with Crippen molar-refractivity contribution in [3.8, 4) is 0 Å². The van der Waals surface area contributed by atoms with Gasteiger partial charge in [-0.3, -0.25) is 0 Å². The van der Waals surface area contributed by atoms with Gasteiger partial charge in [0.2, 0.25) is 0 Å². The predicted octanol–water partition coefficient (Wildman–Crippen LogP) is 7.14. The van der Waals surface area contributed by atoms with Crippen molar-refractivity contribution in [3.63, 3.8) is 0 Å². The van der Waals surface area contributed by atoms with Crippen LogP contribution >= 0.6 is 7.92 Å². The molecule has 0 amide bonds. The number of benzene rings is 1. The summed E-state index contributed by atoms with van der Waals surface area (Å²) < 4.78 is 82.9. The molecule has 201 valence electrons. The Morgan fingerprint density at radius 1 is 0.853 bits per heavy atom. The standard InChI is InChI=1S/C19H27BF6NOP.C3H8.CH3.Ni/c1-16(2,3)29(17(4,5)6)11-15(27)10-28-20-14-8-12(18(21,22)23)7-13(9-14)19(24,25)26;1-3-2;;/h7-9H,10-11,20H2,1-6H3;3H2,1-2H3;1H3;/q-2;;-1;+3/p+1. The smallest absolute Gasteiger partial charge is 0.807 e. The van der Waals surface area contributed by atoms with E-state index in [1.807, 2.05) is 0 Å². The van der Waals surface area contributed by atoms with Gasteiger partial charge >= 0.3 is 28.8 Å². The van der Waals surface area contributed by atoms with Crippen LogP contribution in [0, 0.1) is 7.43 Å². The van der Waals surface area contributed by atoms with Crippen molar-refractivity contribution < 1.29 is 47.5 Å². The van der Waals surface area contributed by atoms with Gasteiger partial charge in [0.05, 0.1) is 27.6 Å². The molecule has 1 aromatic rings. The zero-order valence-corrected chi connectivity index (χ0v) is 23.8. The van der Waals surface area contributed by atoms with Crippen molar-refractivity contribution in [1.82, 2.24) is 0 Å². The van der Waals surface area contributed by atoms with Crippen LogP contribution in [0.4, 0.5) is 26.3 Å². The van der Waals surface area contributed by atoms with E-state index in [0.29, 0.717) is 18.3 Å². The molecule has 0 aromatic heterocycles. The van der Waals surface area contributed by atoms with E-state index in [2.05, 4.69) is 55.4 Å². The zero-order valence-electron chi connectivity index (χ0n) is 21.8. The van der Waals surface area contributed by atoms with E-state index in [-0.39, 0.29) is 58.1 Å². The number of rotatable bonds is 6. The summed E-state index contributed by atoms with van der Waals surface area (Å²) in [6, 6.07) is 1.47. The van der Waals surface area contributed by atoms with Gasteiger partial charge in [-0.1, -0.05) is 32.4 Å². The fourth-order valence-electron chi connectivity index (χ4n) is 3.54. The summed E-state index contributed by atoms with van der Waals surface area (Å²) in [7, 11) is -2.81. The Hall–Kier alpha value is -0.582. The Morgan fingerprint density at radius 3 is 1.50 bits per heavy atom. The van der Waals surface area contributed by atoms with E-state index in [1.165, 1.54) is 6.42 Å². The summed E-state index contributed by atoms with van der Waals surface area (Å²) in [5.74, 6) is 0. The number of nitrogens with zero attached hydrogens (tertiary/aromatic N) is 1. The molecule has 0 aliphatic rings. The van der Waals surface area contributed by atoms with Gasteiger partial charge in [-0.25, -0.2) is 0 Å². The molecule has 0 bridgehead atoms. The molecule has 0 fully saturated rings. The van der Waals surface area contributed by atoms with Crippen LogP contribution in [-0.4, -0.2) is 36.3 Å². The molecular formula is C23H39BF6NNiOP+. The van der Waals surface area contributed by atoms with E-state index >= 15 is 0 Å².